The molecule has 30 heavy (non-hydrogen) atoms. The highest BCUT2D eigenvalue weighted by molar-refractivity contribution is 7.70. The van der Waals surface area contributed by atoms with Crippen LogP contribution in [0.1, 0.15) is 13.8 Å². The van der Waals surface area contributed by atoms with Crippen molar-refractivity contribution >= 4 is 41.3 Å². The van der Waals surface area contributed by atoms with E-state index in [2.05, 4.69) is 15.6 Å². The lowest BCUT2D eigenvalue weighted by Crippen LogP contribution is -2.28. The molecule has 0 aliphatic carbocycles. The molecule has 2 aromatic carbocycles. The van der Waals surface area contributed by atoms with Gasteiger partial charge in [-0.2, -0.15) is 13.2 Å². The second kappa shape index (κ2) is 9.71. The van der Waals surface area contributed by atoms with E-state index in [4.69, 9.17) is 11.6 Å². The number of nitrogens with one attached hydrogen (secondary N) is 2. The molecule has 0 bridgehead atoms. The summed E-state index contributed by atoms with van der Waals surface area (Å²) in [7, 11) is -2.38. The summed E-state index contributed by atoms with van der Waals surface area (Å²) in [4.78, 5) is 4.21. The minimum absolute atomic E-state index is 0.324. The number of allylic oxidation sites excluding steroid dienone is 1. The SMILES string of the molecule is C/C=C(\C(=N/C(C)Nc1ccc(P(C)(C)=O)cc1)Nc1cccc(Cl)c1)C(F)(F)F. The monoisotopic (exact) mass is 457 g/mol. The van der Waals surface area contributed by atoms with Crippen molar-refractivity contribution in [2.75, 3.05) is 24.0 Å². The highest BCUT2D eigenvalue weighted by Crippen LogP contribution is 2.34. The standard InChI is InChI=1S/C21H24ClF3N3OP/c1-5-19(21(23,24)25)20(28-17-8-6-7-15(22)13-17)27-14(2)26-16-9-11-18(12-10-16)30(3,4)29/h5-14,26H,1-4H3,(H,27,28)/b19-5+. The third kappa shape index (κ3) is 6.92. The van der Waals surface area contributed by atoms with Crippen LogP contribution < -0.4 is 15.9 Å². The summed E-state index contributed by atoms with van der Waals surface area (Å²) in [6.45, 7) is 6.29. The molecule has 2 N–H and O–H groups in total. The van der Waals surface area contributed by atoms with Gasteiger partial charge in [-0.15, -0.1) is 0 Å². The van der Waals surface area contributed by atoms with Gasteiger partial charge < -0.3 is 15.2 Å². The van der Waals surface area contributed by atoms with Crippen molar-refractivity contribution in [2.45, 2.75) is 26.2 Å². The molecule has 2 aromatic rings. The van der Waals surface area contributed by atoms with Crippen molar-refractivity contribution in [3.63, 3.8) is 0 Å². The Morgan fingerprint density at radius 1 is 1.13 bits per heavy atom. The van der Waals surface area contributed by atoms with Crippen molar-refractivity contribution in [2.24, 2.45) is 4.99 Å². The molecule has 9 heteroatoms. The van der Waals surface area contributed by atoms with Gasteiger partial charge in [0.05, 0.1) is 5.57 Å². The van der Waals surface area contributed by atoms with Crippen molar-refractivity contribution in [3.8, 4) is 0 Å². The lowest BCUT2D eigenvalue weighted by molar-refractivity contribution is -0.0861. The highest BCUT2D eigenvalue weighted by atomic mass is 35.5. The fraction of sp³-hybridized carbons (Fsp3) is 0.286. The van der Waals surface area contributed by atoms with Crippen molar-refractivity contribution in [1.82, 2.24) is 0 Å². The number of rotatable bonds is 6. The fourth-order valence-electron chi connectivity index (χ4n) is 2.69. The van der Waals surface area contributed by atoms with E-state index < -0.39 is 25.1 Å². The van der Waals surface area contributed by atoms with E-state index in [-0.39, 0.29) is 5.84 Å². The maximum atomic E-state index is 13.5. The molecule has 0 aliphatic heterocycles. The van der Waals surface area contributed by atoms with Crippen molar-refractivity contribution < 1.29 is 17.7 Å². The van der Waals surface area contributed by atoms with Gasteiger partial charge in [-0.1, -0.05) is 23.7 Å². The zero-order valence-corrected chi connectivity index (χ0v) is 18.7. The first-order chi connectivity index (χ1) is 13.9. The van der Waals surface area contributed by atoms with Gasteiger partial charge in [0, 0.05) is 21.7 Å². The lowest BCUT2D eigenvalue weighted by atomic mass is 10.2. The van der Waals surface area contributed by atoms with Crippen LogP contribution >= 0.6 is 18.7 Å². The van der Waals surface area contributed by atoms with Gasteiger partial charge in [0.1, 0.15) is 19.1 Å². The number of aliphatic imine (C=N–C) groups is 1. The predicted molar refractivity (Wildman–Crippen MR) is 121 cm³/mol. The summed E-state index contributed by atoms with van der Waals surface area (Å²) in [5.74, 6) is -0.324. The number of hydrogen-bond donors (Lipinski definition) is 2. The molecule has 2 rings (SSSR count). The summed E-state index contributed by atoms with van der Waals surface area (Å²) >= 11 is 5.94. The van der Waals surface area contributed by atoms with Crippen LogP contribution in [0, 0.1) is 0 Å². The molecule has 0 saturated heterocycles. The van der Waals surface area contributed by atoms with Gasteiger partial charge in [-0.3, -0.25) is 0 Å². The molecule has 1 unspecified atom stereocenters. The van der Waals surface area contributed by atoms with E-state index in [0.29, 0.717) is 16.4 Å². The predicted octanol–water partition coefficient (Wildman–Crippen LogP) is 6.37. The largest absolute Gasteiger partial charge is 0.419 e. The van der Waals surface area contributed by atoms with Crippen LogP contribution in [0.15, 0.2) is 65.2 Å². The molecule has 162 valence electrons. The molecular formula is C21H24ClF3N3OP. The van der Waals surface area contributed by atoms with E-state index in [9.17, 15) is 17.7 Å². The summed E-state index contributed by atoms with van der Waals surface area (Å²) in [6.07, 6.45) is -4.29. The van der Waals surface area contributed by atoms with Gasteiger partial charge in [-0.05, 0) is 69.6 Å². The Kier molecular flexibility index (Phi) is 7.78. The molecule has 4 nitrogen and oxygen atoms in total. The first-order valence-electron chi connectivity index (χ1n) is 9.16. The maximum absolute atomic E-state index is 13.5. The molecule has 0 spiro atoms. The van der Waals surface area contributed by atoms with E-state index in [1.807, 2.05) is 0 Å². The Bertz CT molecular complexity index is 982. The highest BCUT2D eigenvalue weighted by Gasteiger charge is 2.36. The lowest BCUT2D eigenvalue weighted by Gasteiger charge is -2.19. The van der Waals surface area contributed by atoms with Crippen molar-refractivity contribution in [3.05, 3.63) is 65.2 Å². The molecule has 0 fully saturated rings. The summed E-state index contributed by atoms with van der Waals surface area (Å²) < 4.78 is 52.7. The Hall–Kier alpha value is -2.24. The van der Waals surface area contributed by atoms with Crippen LogP contribution in [0.2, 0.25) is 5.02 Å². The number of hydrogen-bond acceptors (Lipinski definition) is 3. The van der Waals surface area contributed by atoms with E-state index in [1.165, 1.54) is 13.0 Å². The topological polar surface area (TPSA) is 53.5 Å². The number of anilines is 2. The van der Waals surface area contributed by atoms with Crippen LogP contribution in [-0.4, -0.2) is 31.5 Å². The third-order valence-electron chi connectivity index (χ3n) is 4.12. The van der Waals surface area contributed by atoms with Gasteiger partial charge >= 0.3 is 6.18 Å². The number of amidine groups is 1. The molecule has 1 atom stereocenters. The summed E-state index contributed by atoms with van der Waals surface area (Å²) in [5.41, 5.74) is 0.159. The van der Waals surface area contributed by atoms with Crippen molar-refractivity contribution in [1.29, 1.82) is 0 Å². The average Bonchev–Trinajstić information content (AvgIpc) is 2.60. The normalized spacial score (nSPS) is 14.4. The van der Waals surface area contributed by atoms with Gasteiger partial charge in [-0.25, -0.2) is 4.99 Å². The molecule has 0 aromatic heterocycles. The summed E-state index contributed by atoms with van der Waals surface area (Å²) in [5, 5.41) is 6.88. The first kappa shape index (κ1) is 24.0. The van der Waals surface area contributed by atoms with Crippen LogP contribution in [0.25, 0.3) is 0 Å². The second-order valence-corrected chi connectivity index (χ2v) is 10.7. The third-order valence-corrected chi connectivity index (χ3v) is 5.90. The maximum Gasteiger partial charge on any atom is 0.419 e. The number of alkyl halides is 3. The Labute approximate surface area is 179 Å². The molecule has 0 heterocycles. The van der Waals surface area contributed by atoms with Gasteiger partial charge in [0.2, 0.25) is 0 Å². The smallest absolute Gasteiger partial charge is 0.364 e. The van der Waals surface area contributed by atoms with E-state index in [1.54, 1.807) is 62.7 Å². The van der Waals surface area contributed by atoms with Gasteiger partial charge in [0.15, 0.2) is 0 Å². The quantitative estimate of drug-likeness (QED) is 0.301. The Morgan fingerprint density at radius 3 is 2.27 bits per heavy atom. The minimum Gasteiger partial charge on any atom is -0.364 e. The molecule has 0 amide bonds. The van der Waals surface area contributed by atoms with Crippen LogP contribution in [0.3, 0.4) is 0 Å². The van der Waals surface area contributed by atoms with Gasteiger partial charge in [0.25, 0.3) is 0 Å². The number of benzene rings is 2. The minimum atomic E-state index is -4.58. The number of halogens is 4. The van der Waals surface area contributed by atoms with E-state index in [0.717, 1.165) is 11.4 Å². The number of nitrogens with zero attached hydrogens (tertiary/aromatic N) is 1. The zero-order chi connectivity index (χ0) is 22.5. The Balaban J connectivity index is 2.31. The Morgan fingerprint density at radius 2 is 1.77 bits per heavy atom. The molecule has 0 aliphatic rings. The second-order valence-electron chi connectivity index (χ2n) is 7.03. The van der Waals surface area contributed by atoms with Crippen LogP contribution in [0.5, 0.6) is 0 Å². The van der Waals surface area contributed by atoms with E-state index >= 15 is 0 Å². The molecule has 0 saturated carbocycles. The first-order valence-corrected chi connectivity index (χ1v) is 12.1. The summed E-state index contributed by atoms with van der Waals surface area (Å²) in [6, 6.07) is 13.3. The van der Waals surface area contributed by atoms with Crippen LogP contribution in [0.4, 0.5) is 24.5 Å². The zero-order valence-electron chi connectivity index (χ0n) is 17.1. The molecular weight excluding hydrogens is 434 g/mol. The fourth-order valence-corrected chi connectivity index (χ4v) is 3.75. The van der Waals surface area contributed by atoms with Crippen LogP contribution in [-0.2, 0) is 4.57 Å². The average molecular weight is 458 g/mol. The molecule has 0 radical (unpaired) electrons.